The summed E-state index contributed by atoms with van der Waals surface area (Å²) in [6.45, 7) is 4.47. The summed E-state index contributed by atoms with van der Waals surface area (Å²) in [7, 11) is -1.92. The molecule has 33 heavy (non-hydrogen) atoms. The standard InChI is InChI=1S/C29H23NOP.ClH/c1-21-26-19-22(20-30)17-18-27(26)31-29(21)25-15-9-10-16-28(25)32(2,23-11-5-3-6-12-23)24-13-7-4-8-14-24;/h3-19H,1-2H3;1H/q+1;/p-1. The van der Waals surface area contributed by atoms with Gasteiger partial charge in [-0.05, 0) is 61.5 Å². The number of fused-ring (bicyclic) bond motifs is 1. The number of aryl methyl sites for hydroxylation is 1. The minimum atomic E-state index is -1.92. The maximum absolute atomic E-state index is 9.34. The lowest BCUT2D eigenvalue weighted by molar-refractivity contribution is -0.00000693. The van der Waals surface area contributed by atoms with Gasteiger partial charge in [0.2, 0.25) is 0 Å². The molecule has 0 aliphatic rings. The molecule has 162 valence electrons. The van der Waals surface area contributed by atoms with Crippen molar-refractivity contribution in [2.24, 2.45) is 0 Å². The largest absolute Gasteiger partial charge is 1.00 e. The van der Waals surface area contributed by atoms with Gasteiger partial charge in [-0.15, -0.1) is 0 Å². The van der Waals surface area contributed by atoms with E-state index in [1.807, 2.05) is 18.2 Å². The van der Waals surface area contributed by atoms with Crippen LogP contribution in [0.25, 0.3) is 22.3 Å². The van der Waals surface area contributed by atoms with Gasteiger partial charge in [0.1, 0.15) is 34.5 Å². The van der Waals surface area contributed by atoms with Gasteiger partial charge in [0.25, 0.3) is 0 Å². The molecule has 1 aromatic heterocycles. The molecule has 5 rings (SSSR count). The van der Waals surface area contributed by atoms with E-state index in [0.717, 1.165) is 27.9 Å². The number of halogens is 1. The number of furan rings is 1. The Morgan fingerprint density at radius 2 is 1.33 bits per heavy atom. The van der Waals surface area contributed by atoms with Crippen molar-refractivity contribution in [3.63, 3.8) is 0 Å². The second-order valence-corrected chi connectivity index (χ2v) is 11.6. The van der Waals surface area contributed by atoms with E-state index in [2.05, 4.69) is 105 Å². The first-order chi connectivity index (χ1) is 15.6. The normalized spacial score (nSPS) is 11.1. The average molecular weight is 468 g/mol. The van der Waals surface area contributed by atoms with Crippen LogP contribution in [0, 0.1) is 18.3 Å². The van der Waals surface area contributed by atoms with Crippen molar-refractivity contribution < 1.29 is 16.8 Å². The number of hydrogen-bond acceptors (Lipinski definition) is 2. The SMILES string of the molecule is Cc1c(-c2ccccc2[P+](C)(c2ccccc2)c2ccccc2)oc2ccc(C#N)cc12.[Cl-]. The average Bonchev–Trinajstić information content (AvgIpc) is 3.20. The van der Waals surface area contributed by atoms with Crippen molar-refractivity contribution in [2.75, 3.05) is 6.66 Å². The number of nitrogens with zero attached hydrogens (tertiary/aromatic N) is 1. The zero-order valence-electron chi connectivity index (χ0n) is 18.5. The molecule has 0 saturated heterocycles. The molecule has 0 radical (unpaired) electrons. The Morgan fingerprint density at radius 3 is 1.94 bits per heavy atom. The lowest BCUT2D eigenvalue weighted by atomic mass is 10.1. The molecule has 0 amide bonds. The van der Waals surface area contributed by atoms with Crippen molar-refractivity contribution in [2.45, 2.75) is 6.92 Å². The quantitative estimate of drug-likeness (QED) is 0.381. The number of hydrogen-bond donors (Lipinski definition) is 0. The zero-order valence-corrected chi connectivity index (χ0v) is 20.1. The highest BCUT2D eigenvalue weighted by Gasteiger charge is 2.42. The van der Waals surface area contributed by atoms with Crippen molar-refractivity contribution in [3.05, 3.63) is 114 Å². The predicted molar refractivity (Wildman–Crippen MR) is 136 cm³/mol. The Bertz CT molecular complexity index is 1410. The summed E-state index contributed by atoms with van der Waals surface area (Å²) in [5.41, 5.74) is 3.64. The van der Waals surface area contributed by atoms with Gasteiger partial charge in [-0.25, -0.2) is 0 Å². The molecular formula is C29H23ClNOP. The Morgan fingerprint density at radius 1 is 0.758 bits per heavy atom. The van der Waals surface area contributed by atoms with Gasteiger partial charge in [0.05, 0.1) is 23.9 Å². The third kappa shape index (κ3) is 3.85. The van der Waals surface area contributed by atoms with Crippen LogP contribution in [0.1, 0.15) is 11.1 Å². The lowest BCUT2D eigenvalue weighted by Crippen LogP contribution is -3.00. The summed E-state index contributed by atoms with van der Waals surface area (Å²) in [5, 5.41) is 14.3. The van der Waals surface area contributed by atoms with Crippen LogP contribution in [0.4, 0.5) is 0 Å². The smallest absolute Gasteiger partial charge is 0.142 e. The first-order valence-electron chi connectivity index (χ1n) is 10.6. The summed E-state index contributed by atoms with van der Waals surface area (Å²) in [6.07, 6.45) is 0. The van der Waals surface area contributed by atoms with E-state index in [1.165, 1.54) is 15.9 Å². The molecule has 4 aromatic carbocycles. The van der Waals surface area contributed by atoms with Crippen LogP contribution in [0.3, 0.4) is 0 Å². The molecule has 0 spiro atoms. The minimum absolute atomic E-state index is 0. The maximum atomic E-state index is 9.34. The highest BCUT2D eigenvalue weighted by Crippen LogP contribution is 2.54. The predicted octanol–water partition coefficient (Wildman–Crippen LogP) is 3.21. The first kappa shape index (κ1) is 22.8. The Kier molecular flexibility index (Phi) is 6.39. The Labute approximate surface area is 201 Å². The second-order valence-electron chi connectivity index (χ2n) is 8.07. The van der Waals surface area contributed by atoms with Crippen molar-refractivity contribution in [3.8, 4) is 17.4 Å². The van der Waals surface area contributed by atoms with Crippen molar-refractivity contribution in [1.29, 1.82) is 5.26 Å². The lowest BCUT2D eigenvalue weighted by Gasteiger charge is -2.25. The summed E-state index contributed by atoms with van der Waals surface area (Å²) < 4.78 is 6.40. The van der Waals surface area contributed by atoms with Crippen LogP contribution in [0.15, 0.2) is 108 Å². The highest BCUT2D eigenvalue weighted by molar-refractivity contribution is 7.95. The Hall–Kier alpha value is -3.37. The molecule has 1 heterocycles. The highest BCUT2D eigenvalue weighted by atomic mass is 35.5. The summed E-state index contributed by atoms with van der Waals surface area (Å²) >= 11 is 0. The third-order valence-electron chi connectivity index (χ3n) is 6.24. The minimum Gasteiger partial charge on any atom is -1.00 e. The van der Waals surface area contributed by atoms with Crippen LogP contribution < -0.4 is 28.3 Å². The van der Waals surface area contributed by atoms with Gasteiger partial charge in [-0.3, -0.25) is 0 Å². The molecule has 0 N–H and O–H groups in total. The number of nitriles is 1. The fraction of sp³-hybridized carbons (Fsp3) is 0.0690. The summed E-state index contributed by atoms with van der Waals surface area (Å²) in [5.74, 6) is 0.878. The summed E-state index contributed by atoms with van der Waals surface area (Å²) in [6, 6.07) is 38.0. The molecule has 5 aromatic rings. The fourth-order valence-corrected chi connectivity index (χ4v) is 7.92. The van der Waals surface area contributed by atoms with Crippen LogP contribution in [-0.2, 0) is 0 Å². The van der Waals surface area contributed by atoms with E-state index in [9.17, 15) is 5.26 Å². The van der Waals surface area contributed by atoms with E-state index in [1.54, 1.807) is 0 Å². The summed E-state index contributed by atoms with van der Waals surface area (Å²) in [4.78, 5) is 0. The fourth-order valence-electron chi connectivity index (χ4n) is 4.48. The van der Waals surface area contributed by atoms with Crippen LogP contribution >= 0.6 is 7.26 Å². The van der Waals surface area contributed by atoms with E-state index >= 15 is 0 Å². The molecule has 0 aliphatic carbocycles. The molecule has 0 saturated carbocycles. The van der Waals surface area contributed by atoms with Crippen LogP contribution in [-0.4, -0.2) is 6.66 Å². The van der Waals surface area contributed by atoms with E-state index in [0.29, 0.717) is 5.56 Å². The van der Waals surface area contributed by atoms with E-state index < -0.39 is 7.26 Å². The van der Waals surface area contributed by atoms with Gasteiger partial charge in [-0.2, -0.15) is 5.26 Å². The van der Waals surface area contributed by atoms with Crippen LogP contribution in [0.5, 0.6) is 0 Å². The molecule has 2 nitrogen and oxygen atoms in total. The van der Waals surface area contributed by atoms with Gasteiger partial charge < -0.3 is 16.8 Å². The van der Waals surface area contributed by atoms with Gasteiger partial charge in [-0.1, -0.05) is 48.5 Å². The van der Waals surface area contributed by atoms with Crippen molar-refractivity contribution >= 4 is 34.1 Å². The van der Waals surface area contributed by atoms with Crippen molar-refractivity contribution in [1.82, 2.24) is 0 Å². The molecular weight excluding hydrogens is 445 g/mol. The monoisotopic (exact) mass is 467 g/mol. The molecule has 4 heteroatoms. The molecule has 0 aliphatic heterocycles. The van der Waals surface area contributed by atoms with Gasteiger partial charge in [0.15, 0.2) is 0 Å². The second kappa shape index (κ2) is 9.24. The first-order valence-corrected chi connectivity index (χ1v) is 12.9. The molecule has 0 atom stereocenters. The zero-order chi connectivity index (χ0) is 22.1. The molecule has 0 fully saturated rings. The van der Waals surface area contributed by atoms with Gasteiger partial charge in [0, 0.05) is 10.9 Å². The molecule has 0 bridgehead atoms. The third-order valence-corrected chi connectivity index (χ3v) is 10.3. The Balaban J connectivity index is 0.00000259. The number of rotatable bonds is 4. The van der Waals surface area contributed by atoms with E-state index in [4.69, 9.17) is 4.42 Å². The van der Waals surface area contributed by atoms with Crippen LogP contribution in [0.2, 0.25) is 0 Å². The number of benzene rings is 4. The topological polar surface area (TPSA) is 36.9 Å². The van der Waals surface area contributed by atoms with Gasteiger partial charge >= 0.3 is 0 Å². The molecule has 0 unspecified atom stereocenters. The maximum Gasteiger partial charge on any atom is 0.142 e. The van der Waals surface area contributed by atoms with E-state index in [-0.39, 0.29) is 12.4 Å².